The molecule has 0 atom stereocenters. The first-order valence-corrected chi connectivity index (χ1v) is 5.60. The number of rotatable bonds is 5. The third kappa shape index (κ3) is 3.82. The molecule has 8 heteroatoms. The lowest BCUT2D eigenvalue weighted by Crippen LogP contribution is -2.16. The Kier molecular flexibility index (Phi) is 5.72. The number of phenols is 2. The zero-order valence-electron chi connectivity index (χ0n) is 10.3. The molecule has 0 radical (unpaired) electrons. The van der Waals surface area contributed by atoms with Gasteiger partial charge in [0.15, 0.2) is 0 Å². The number of halogens is 3. The Labute approximate surface area is 120 Å². The number of phenolic OH excluding ortho intramolecular Hbond substituents is 2. The van der Waals surface area contributed by atoms with E-state index in [1.165, 1.54) is 24.4 Å². The van der Waals surface area contributed by atoms with Gasteiger partial charge in [-0.2, -0.15) is 13.9 Å². The Hall–Kier alpha value is -1.86. The molecular weight excluding hydrogens is 292 g/mol. The van der Waals surface area contributed by atoms with E-state index >= 15 is 0 Å². The fourth-order valence-corrected chi connectivity index (χ4v) is 1.68. The molecule has 5 nitrogen and oxygen atoms in total. The molecule has 0 saturated heterocycles. The van der Waals surface area contributed by atoms with Crippen molar-refractivity contribution in [1.29, 1.82) is 0 Å². The maximum absolute atomic E-state index is 12.5. The topological polar surface area (TPSA) is 70.3 Å². The van der Waals surface area contributed by atoms with Crippen LogP contribution in [-0.4, -0.2) is 20.0 Å². The molecule has 0 aliphatic carbocycles. The maximum Gasteiger partial charge on any atom is 0.333 e. The minimum absolute atomic E-state index is 0. The number of nitrogens with one attached hydrogen (secondary N) is 1. The van der Waals surface area contributed by atoms with Crippen LogP contribution >= 0.6 is 12.4 Å². The van der Waals surface area contributed by atoms with E-state index in [2.05, 4.69) is 10.4 Å². The zero-order chi connectivity index (χ0) is 13.8. The highest BCUT2D eigenvalue weighted by atomic mass is 35.5. The van der Waals surface area contributed by atoms with Crippen LogP contribution in [0.4, 0.5) is 8.78 Å². The standard InChI is InChI=1S/C12H13F2N3O2.ClH/c13-12(14)17-9(3-4-16-17)7-15-6-8-1-2-10(18)5-11(8)19;/h1-5,12,15,18-19H,6-7H2;1H. The summed E-state index contributed by atoms with van der Waals surface area (Å²) in [5, 5.41) is 25.1. The molecular formula is C12H14ClF2N3O2. The van der Waals surface area contributed by atoms with Crippen LogP contribution in [0.25, 0.3) is 0 Å². The number of hydrogen-bond acceptors (Lipinski definition) is 4. The lowest BCUT2D eigenvalue weighted by atomic mass is 10.2. The summed E-state index contributed by atoms with van der Waals surface area (Å²) in [6.45, 7) is -2.18. The quantitative estimate of drug-likeness (QED) is 0.793. The summed E-state index contributed by atoms with van der Waals surface area (Å²) in [4.78, 5) is 0. The zero-order valence-corrected chi connectivity index (χ0v) is 11.1. The first-order valence-electron chi connectivity index (χ1n) is 5.60. The van der Waals surface area contributed by atoms with Crippen molar-refractivity contribution in [3.63, 3.8) is 0 Å². The summed E-state index contributed by atoms with van der Waals surface area (Å²) in [6, 6.07) is 5.72. The first-order chi connectivity index (χ1) is 9.08. The molecule has 2 rings (SSSR count). The lowest BCUT2D eigenvalue weighted by Gasteiger charge is -2.09. The van der Waals surface area contributed by atoms with Crippen molar-refractivity contribution in [3.05, 3.63) is 41.7 Å². The predicted molar refractivity (Wildman–Crippen MR) is 71.0 cm³/mol. The smallest absolute Gasteiger partial charge is 0.333 e. The third-order valence-electron chi connectivity index (χ3n) is 2.63. The lowest BCUT2D eigenvalue weighted by molar-refractivity contribution is 0.0531. The number of benzene rings is 1. The predicted octanol–water partition coefficient (Wildman–Crippen LogP) is 2.40. The molecule has 110 valence electrons. The molecule has 0 spiro atoms. The third-order valence-corrected chi connectivity index (χ3v) is 2.63. The first kappa shape index (κ1) is 16.2. The minimum atomic E-state index is -2.67. The molecule has 2 aromatic rings. The van der Waals surface area contributed by atoms with Crippen LogP contribution in [0.1, 0.15) is 17.8 Å². The molecule has 1 heterocycles. The average Bonchev–Trinajstić information content (AvgIpc) is 2.80. The van der Waals surface area contributed by atoms with Crippen molar-refractivity contribution in [2.75, 3.05) is 0 Å². The van der Waals surface area contributed by atoms with Crippen molar-refractivity contribution in [2.45, 2.75) is 19.6 Å². The summed E-state index contributed by atoms with van der Waals surface area (Å²) in [5.74, 6) is -0.0770. The second-order valence-corrected chi connectivity index (χ2v) is 3.96. The van der Waals surface area contributed by atoms with Gasteiger partial charge in [0.2, 0.25) is 0 Å². The van der Waals surface area contributed by atoms with Gasteiger partial charge in [-0.15, -0.1) is 12.4 Å². The molecule has 1 aromatic carbocycles. The summed E-state index contributed by atoms with van der Waals surface area (Å²) in [5.41, 5.74) is 0.925. The van der Waals surface area contributed by atoms with Gasteiger partial charge in [-0.25, -0.2) is 4.68 Å². The van der Waals surface area contributed by atoms with E-state index in [0.717, 1.165) is 0 Å². The largest absolute Gasteiger partial charge is 0.508 e. The number of aromatic nitrogens is 2. The molecule has 0 bridgehead atoms. The fourth-order valence-electron chi connectivity index (χ4n) is 1.68. The average molecular weight is 306 g/mol. The molecule has 0 unspecified atom stereocenters. The Morgan fingerprint density at radius 2 is 1.95 bits per heavy atom. The highest BCUT2D eigenvalue weighted by Crippen LogP contribution is 2.22. The second-order valence-electron chi connectivity index (χ2n) is 3.96. The molecule has 0 fully saturated rings. The summed E-state index contributed by atoms with van der Waals surface area (Å²) < 4.78 is 25.7. The summed E-state index contributed by atoms with van der Waals surface area (Å²) >= 11 is 0. The molecule has 0 aliphatic heterocycles. The van der Waals surface area contributed by atoms with Gasteiger partial charge in [0.1, 0.15) is 11.5 Å². The fraction of sp³-hybridized carbons (Fsp3) is 0.250. The Bertz CT molecular complexity index is 563. The SMILES string of the molecule is Cl.Oc1ccc(CNCc2ccnn2C(F)F)c(O)c1. The highest BCUT2D eigenvalue weighted by Gasteiger charge is 2.11. The Balaban J connectivity index is 0.00000200. The van der Waals surface area contributed by atoms with Gasteiger partial charge in [-0.1, -0.05) is 6.07 Å². The van der Waals surface area contributed by atoms with E-state index in [0.29, 0.717) is 22.5 Å². The Morgan fingerprint density at radius 1 is 1.20 bits per heavy atom. The number of aromatic hydroxyl groups is 2. The number of alkyl halides is 2. The van der Waals surface area contributed by atoms with Gasteiger partial charge in [0, 0.05) is 30.9 Å². The number of nitrogens with zero attached hydrogens (tertiary/aromatic N) is 2. The van der Waals surface area contributed by atoms with Gasteiger partial charge in [-0.05, 0) is 12.1 Å². The van der Waals surface area contributed by atoms with Crippen molar-refractivity contribution in [2.24, 2.45) is 0 Å². The molecule has 3 N–H and O–H groups in total. The van der Waals surface area contributed by atoms with Crippen LogP contribution in [0.2, 0.25) is 0 Å². The molecule has 1 aromatic heterocycles. The van der Waals surface area contributed by atoms with Gasteiger partial charge in [-0.3, -0.25) is 0 Å². The van der Waals surface area contributed by atoms with Crippen LogP contribution in [0, 0.1) is 0 Å². The Morgan fingerprint density at radius 3 is 2.60 bits per heavy atom. The van der Waals surface area contributed by atoms with Gasteiger partial charge in [0.25, 0.3) is 0 Å². The van der Waals surface area contributed by atoms with E-state index in [9.17, 15) is 13.9 Å². The van der Waals surface area contributed by atoms with E-state index in [-0.39, 0.29) is 30.5 Å². The van der Waals surface area contributed by atoms with E-state index < -0.39 is 6.55 Å². The van der Waals surface area contributed by atoms with Crippen molar-refractivity contribution in [3.8, 4) is 11.5 Å². The van der Waals surface area contributed by atoms with Gasteiger partial charge >= 0.3 is 6.55 Å². The van der Waals surface area contributed by atoms with E-state index in [1.807, 2.05) is 0 Å². The molecule has 0 amide bonds. The second kappa shape index (κ2) is 7.06. The molecule has 0 saturated carbocycles. The van der Waals surface area contributed by atoms with E-state index in [4.69, 9.17) is 5.11 Å². The van der Waals surface area contributed by atoms with Crippen LogP contribution < -0.4 is 5.32 Å². The number of hydrogen-bond donors (Lipinski definition) is 3. The molecule has 20 heavy (non-hydrogen) atoms. The normalized spacial score (nSPS) is 10.6. The molecule has 0 aliphatic rings. The summed E-state index contributed by atoms with van der Waals surface area (Å²) in [7, 11) is 0. The van der Waals surface area contributed by atoms with Crippen LogP contribution in [-0.2, 0) is 13.1 Å². The van der Waals surface area contributed by atoms with Crippen LogP contribution in [0.5, 0.6) is 11.5 Å². The van der Waals surface area contributed by atoms with Gasteiger partial charge in [0.05, 0.1) is 5.69 Å². The summed E-state index contributed by atoms with van der Waals surface area (Å²) in [6.07, 6.45) is 1.31. The van der Waals surface area contributed by atoms with Crippen molar-refractivity contribution < 1.29 is 19.0 Å². The van der Waals surface area contributed by atoms with Crippen LogP contribution in [0.3, 0.4) is 0 Å². The monoisotopic (exact) mass is 305 g/mol. The van der Waals surface area contributed by atoms with Crippen molar-refractivity contribution >= 4 is 12.4 Å². The van der Waals surface area contributed by atoms with Crippen LogP contribution in [0.15, 0.2) is 30.5 Å². The van der Waals surface area contributed by atoms with Crippen molar-refractivity contribution in [1.82, 2.24) is 15.1 Å². The van der Waals surface area contributed by atoms with Gasteiger partial charge < -0.3 is 15.5 Å². The highest BCUT2D eigenvalue weighted by molar-refractivity contribution is 5.85. The van der Waals surface area contributed by atoms with E-state index in [1.54, 1.807) is 6.07 Å². The minimum Gasteiger partial charge on any atom is -0.508 e. The maximum atomic E-state index is 12.5.